The number of hydrogen-bond acceptors (Lipinski definition) is 5. The third kappa shape index (κ3) is 8.47. The second-order valence-corrected chi connectivity index (χ2v) is 8.61. The average molecular weight is 437 g/mol. The van der Waals surface area contributed by atoms with E-state index in [1.807, 2.05) is 6.07 Å². The number of nitrogens with one attached hydrogen (secondary N) is 1. The van der Waals surface area contributed by atoms with E-state index in [2.05, 4.69) is 5.32 Å². The molecule has 6 nitrogen and oxygen atoms in total. The number of amides is 1. The first-order chi connectivity index (χ1) is 14.5. The first kappa shape index (κ1) is 24.5. The molecule has 1 atom stereocenters. The number of allylic oxidation sites excluding steroid dienone is 1. The summed E-state index contributed by atoms with van der Waals surface area (Å²) in [4.78, 5) is 37.3. The Kier molecular flexibility index (Phi) is 8.71. The molecule has 0 saturated heterocycles. The Labute approximate surface area is 181 Å². The van der Waals surface area contributed by atoms with Crippen LogP contribution in [0.25, 0.3) is 0 Å². The fraction of sp³-hybridized carbons (Fsp3) is 0.522. The van der Waals surface area contributed by atoms with Crippen molar-refractivity contribution in [2.45, 2.75) is 71.1 Å². The molecule has 0 heterocycles. The summed E-state index contributed by atoms with van der Waals surface area (Å²) >= 11 is 0. The Hall–Kier alpha value is -2.77. The standard InChI is InChI=1S/C23H29F2NO5/c1-23(2,3)31-19(28)13-18(27)20(16-9-11-17(12-10-16)21(24)25)26-22(29)30-14-15-7-5-4-6-8-15/h4-8,16,20H,9-14H2,1-3H3,(H,26,29)/t20-/m0/s1. The Morgan fingerprint density at radius 3 is 2.26 bits per heavy atom. The molecular formula is C23H29F2NO5. The summed E-state index contributed by atoms with van der Waals surface area (Å²) in [6.07, 6.45) is -2.12. The highest BCUT2D eigenvalue weighted by Gasteiger charge is 2.34. The SMILES string of the molecule is CC(C)(C)OC(=O)CC(=O)[C@@H](NC(=O)OCc1ccccc1)C1CCC(=C(F)F)CC1. The van der Waals surface area contributed by atoms with Gasteiger partial charge in [0.15, 0.2) is 5.78 Å². The summed E-state index contributed by atoms with van der Waals surface area (Å²) in [5.74, 6) is -1.60. The van der Waals surface area contributed by atoms with Crippen molar-refractivity contribution < 1.29 is 32.6 Å². The van der Waals surface area contributed by atoms with Gasteiger partial charge in [0.05, 0.1) is 6.04 Å². The number of ketones is 1. The van der Waals surface area contributed by atoms with Crippen LogP contribution in [0.15, 0.2) is 42.0 Å². The van der Waals surface area contributed by atoms with Crippen LogP contribution in [0.2, 0.25) is 0 Å². The Morgan fingerprint density at radius 1 is 1.10 bits per heavy atom. The van der Waals surface area contributed by atoms with E-state index in [4.69, 9.17) is 9.47 Å². The van der Waals surface area contributed by atoms with Crippen LogP contribution in [0.4, 0.5) is 13.6 Å². The van der Waals surface area contributed by atoms with E-state index in [0.717, 1.165) is 5.56 Å². The van der Waals surface area contributed by atoms with Gasteiger partial charge in [0, 0.05) is 0 Å². The molecular weight excluding hydrogens is 408 g/mol. The molecule has 170 valence electrons. The van der Waals surface area contributed by atoms with E-state index in [1.54, 1.807) is 45.0 Å². The summed E-state index contributed by atoms with van der Waals surface area (Å²) in [7, 11) is 0. The van der Waals surface area contributed by atoms with Crippen molar-refractivity contribution in [3.05, 3.63) is 47.5 Å². The maximum Gasteiger partial charge on any atom is 0.408 e. The van der Waals surface area contributed by atoms with Gasteiger partial charge in [-0.05, 0) is 63.5 Å². The lowest BCUT2D eigenvalue weighted by molar-refractivity contribution is -0.156. The minimum absolute atomic E-state index is 0.0181. The van der Waals surface area contributed by atoms with Gasteiger partial charge in [0.1, 0.15) is 18.6 Å². The molecule has 8 heteroatoms. The van der Waals surface area contributed by atoms with E-state index in [1.165, 1.54) is 0 Å². The average Bonchev–Trinajstić information content (AvgIpc) is 2.69. The molecule has 0 bridgehead atoms. The van der Waals surface area contributed by atoms with Crippen molar-refractivity contribution >= 4 is 17.8 Å². The van der Waals surface area contributed by atoms with Crippen molar-refractivity contribution in [1.82, 2.24) is 5.32 Å². The highest BCUT2D eigenvalue weighted by molar-refractivity contribution is 5.99. The zero-order valence-electron chi connectivity index (χ0n) is 18.1. The molecule has 1 N–H and O–H groups in total. The number of Topliss-reactive ketones (excluding diaryl/α,β-unsaturated/α-hetero) is 1. The van der Waals surface area contributed by atoms with Crippen LogP contribution in [0.5, 0.6) is 0 Å². The number of esters is 1. The molecule has 1 amide bonds. The number of carbonyl (C=O) groups excluding carboxylic acids is 3. The fourth-order valence-corrected chi connectivity index (χ4v) is 3.49. The number of halogens is 2. The summed E-state index contributed by atoms with van der Waals surface area (Å²) in [5, 5.41) is 2.55. The van der Waals surface area contributed by atoms with E-state index in [-0.39, 0.29) is 30.9 Å². The zero-order valence-corrected chi connectivity index (χ0v) is 18.1. The third-order valence-corrected chi connectivity index (χ3v) is 4.94. The maximum atomic E-state index is 12.9. The Morgan fingerprint density at radius 2 is 1.71 bits per heavy atom. The van der Waals surface area contributed by atoms with E-state index in [9.17, 15) is 23.2 Å². The molecule has 0 aromatic heterocycles. The van der Waals surface area contributed by atoms with Crippen molar-refractivity contribution in [2.75, 3.05) is 0 Å². The quantitative estimate of drug-likeness (QED) is 0.484. The number of rotatable bonds is 7. The minimum atomic E-state index is -1.69. The topological polar surface area (TPSA) is 81.7 Å². The van der Waals surface area contributed by atoms with E-state index < -0.39 is 42.0 Å². The lowest BCUT2D eigenvalue weighted by atomic mass is 9.80. The molecule has 1 aromatic rings. The number of alkyl carbamates (subject to hydrolysis) is 1. The molecule has 31 heavy (non-hydrogen) atoms. The van der Waals surface area contributed by atoms with Crippen LogP contribution in [0.1, 0.15) is 58.4 Å². The van der Waals surface area contributed by atoms with Gasteiger partial charge in [-0.2, -0.15) is 8.78 Å². The molecule has 1 saturated carbocycles. The summed E-state index contributed by atoms with van der Waals surface area (Å²) < 4.78 is 36.1. The van der Waals surface area contributed by atoms with Gasteiger partial charge in [0.2, 0.25) is 0 Å². The zero-order chi connectivity index (χ0) is 23.0. The highest BCUT2D eigenvalue weighted by Crippen LogP contribution is 2.33. The van der Waals surface area contributed by atoms with Crippen molar-refractivity contribution in [3.8, 4) is 0 Å². The molecule has 0 radical (unpaired) electrons. The van der Waals surface area contributed by atoms with Gasteiger partial charge < -0.3 is 14.8 Å². The van der Waals surface area contributed by atoms with Crippen molar-refractivity contribution in [1.29, 1.82) is 0 Å². The van der Waals surface area contributed by atoms with Crippen LogP contribution in [0, 0.1) is 5.92 Å². The summed E-state index contributed by atoms with van der Waals surface area (Å²) in [5.41, 5.74) is 0.0966. The smallest absolute Gasteiger partial charge is 0.408 e. The van der Waals surface area contributed by atoms with Gasteiger partial charge in [0.25, 0.3) is 6.08 Å². The monoisotopic (exact) mass is 437 g/mol. The first-order valence-electron chi connectivity index (χ1n) is 10.3. The van der Waals surface area contributed by atoms with Crippen molar-refractivity contribution in [2.24, 2.45) is 5.92 Å². The third-order valence-electron chi connectivity index (χ3n) is 4.94. The maximum absolute atomic E-state index is 12.9. The molecule has 1 aromatic carbocycles. The van der Waals surface area contributed by atoms with Gasteiger partial charge >= 0.3 is 12.1 Å². The van der Waals surface area contributed by atoms with E-state index >= 15 is 0 Å². The van der Waals surface area contributed by atoms with Crippen LogP contribution >= 0.6 is 0 Å². The molecule has 1 aliphatic rings. The highest BCUT2D eigenvalue weighted by atomic mass is 19.3. The second-order valence-electron chi connectivity index (χ2n) is 8.61. The number of carbonyl (C=O) groups is 3. The first-order valence-corrected chi connectivity index (χ1v) is 10.3. The van der Waals surface area contributed by atoms with Crippen LogP contribution < -0.4 is 5.32 Å². The number of hydrogen-bond donors (Lipinski definition) is 1. The Bertz CT molecular complexity index is 803. The summed E-state index contributed by atoms with van der Waals surface area (Å²) in [6, 6.07) is 8.01. The molecule has 1 aliphatic carbocycles. The predicted octanol–water partition coefficient (Wildman–Crippen LogP) is 4.92. The van der Waals surface area contributed by atoms with Gasteiger partial charge in [-0.3, -0.25) is 9.59 Å². The molecule has 0 unspecified atom stereocenters. The number of benzene rings is 1. The van der Waals surface area contributed by atoms with Crippen molar-refractivity contribution in [3.63, 3.8) is 0 Å². The molecule has 1 fully saturated rings. The lowest BCUT2D eigenvalue weighted by Gasteiger charge is -2.30. The van der Waals surface area contributed by atoms with Crippen LogP contribution in [0.3, 0.4) is 0 Å². The summed E-state index contributed by atoms with van der Waals surface area (Å²) in [6.45, 7) is 5.08. The molecule has 0 aliphatic heterocycles. The number of ether oxygens (including phenoxy) is 2. The van der Waals surface area contributed by atoms with Crippen LogP contribution in [-0.2, 0) is 25.7 Å². The van der Waals surface area contributed by atoms with Gasteiger partial charge in [-0.25, -0.2) is 4.79 Å². The van der Waals surface area contributed by atoms with Gasteiger partial charge in [-0.1, -0.05) is 30.3 Å². The molecule has 0 spiro atoms. The second kappa shape index (κ2) is 11.0. The van der Waals surface area contributed by atoms with Gasteiger partial charge in [-0.15, -0.1) is 0 Å². The normalized spacial score (nSPS) is 17.5. The Balaban J connectivity index is 2.04. The van der Waals surface area contributed by atoms with Crippen LogP contribution in [-0.4, -0.2) is 29.5 Å². The minimum Gasteiger partial charge on any atom is -0.460 e. The lowest BCUT2D eigenvalue weighted by Crippen LogP contribution is -2.47. The fourth-order valence-electron chi connectivity index (χ4n) is 3.49. The molecule has 2 rings (SSSR count). The largest absolute Gasteiger partial charge is 0.460 e. The van der Waals surface area contributed by atoms with E-state index in [0.29, 0.717) is 12.8 Å². The predicted molar refractivity (Wildman–Crippen MR) is 110 cm³/mol.